The first-order chi connectivity index (χ1) is 6.77. The fourth-order valence-corrected chi connectivity index (χ4v) is 0.997. The van der Waals surface area contributed by atoms with E-state index < -0.39 is 5.82 Å². The molecule has 3 heteroatoms. The zero-order valence-corrected chi connectivity index (χ0v) is 7.55. The molecule has 0 aliphatic heterocycles. The number of nitrogens with zero attached hydrogens (tertiary/aromatic N) is 1. The third kappa shape index (κ3) is 2.50. The van der Waals surface area contributed by atoms with E-state index in [9.17, 15) is 4.39 Å². The second kappa shape index (κ2) is 4.89. The standard InChI is InChI=1S/C11H9FN2/c1-2-3-6-14-11-5-4-9(8-13)7-10(11)12/h1,4-5,7,14H,3,6H2. The molecular formula is C11H9FN2. The molecular weight excluding hydrogens is 179 g/mol. The number of rotatable bonds is 3. The Balaban J connectivity index is 2.71. The number of nitriles is 1. The van der Waals surface area contributed by atoms with Crippen molar-refractivity contribution in [3.63, 3.8) is 0 Å². The van der Waals surface area contributed by atoms with Gasteiger partial charge in [-0.3, -0.25) is 0 Å². The van der Waals surface area contributed by atoms with E-state index in [4.69, 9.17) is 11.7 Å². The van der Waals surface area contributed by atoms with E-state index in [1.54, 1.807) is 6.07 Å². The summed E-state index contributed by atoms with van der Waals surface area (Å²) in [6.07, 6.45) is 5.59. The van der Waals surface area contributed by atoms with Crippen LogP contribution in [0.2, 0.25) is 0 Å². The summed E-state index contributed by atoms with van der Waals surface area (Å²) < 4.78 is 13.2. The SMILES string of the molecule is C#CCCNc1ccc(C#N)cc1F. The highest BCUT2D eigenvalue weighted by Crippen LogP contribution is 2.14. The van der Waals surface area contributed by atoms with Crippen molar-refractivity contribution in [3.05, 3.63) is 29.6 Å². The van der Waals surface area contributed by atoms with Crippen molar-refractivity contribution in [3.8, 4) is 18.4 Å². The Bertz CT molecular complexity index is 399. The first kappa shape index (κ1) is 10.1. The second-order valence-corrected chi connectivity index (χ2v) is 2.69. The van der Waals surface area contributed by atoms with Crippen LogP contribution in [0.1, 0.15) is 12.0 Å². The van der Waals surface area contributed by atoms with Gasteiger partial charge in [0.15, 0.2) is 0 Å². The molecule has 0 aliphatic carbocycles. The molecule has 0 bridgehead atoms. The van der Waals surface area contributed by atoms with Crippen molar-refractivity contribution in [1.82, 2.24) is 0 Å². The Labute approximate surface area is 82.4 Å². The summed E-state index contributed by atoms with van der Waals surface area (Å²) in [6, 6.07) is 6.14. The zero-order chi connectivity index (χ0) is 10.4. The molecule has 0 amide bonds. The summed E-state index contributed by atoms with van der Waals surface area (Å²) in [6.45, 7) is 0.527. The van der Waals surface area contributed by atoms with Gasteiger partial charge < -0.3 is 5.32 Å². The molecule has 0 saturated heterocycles. The summed E-state index contributed by atoms with van der Waals surface area (Å²) in [5, 5.41) is 11.3. The van der Waals surface area contributed by atoms with E-state index in [-0.39, 0.29) is 0 Å². The minimum Gasteiger partial charge on any atom is -0.382 e. The topological polar surface area (TPSA) is 35.8 Å². The van der Waals surface area contributed by atoms with E-state index in [1.165, 1.54) is 12.1 Å². The van der Waals surface area contributed by atoms with Crippen LogP contribution in [0.4, 0.5) is 10.1 Å². The molecule has 2 nitrogen and oxygen atoms in total. The van der Waals surface area contributed by atoms with Crippen LogP contribution in [-0.2, 0) is 0 Å². The van der Waals surface area contributed by atoms with Crippen molar-refractivity contribution < 1.29 is 4.39 Å². The summed E-state index contributed by atoms with van der Waals surface area (Å²) in [4.78, 5) is 0. The Kier molecular flexibility index (Phi) is 3.52. The molecule has 0 unspecified atom stereocenters. The Morgan fingerprint density at radius 2 is 2.29 bits per heavy atom. The minimum atomic E-state index is -0.430. The molecule has 14 heavy (non-hydrogen) atoms. The maximum Gasteiger partial charge on any atom is 0.147 e. The Morgan fingerprint density at radius 3 is 2.86 bits per heavy atom. The van der Waals surface area contributed by atoms with Gasteiger partial charge in [-0.1, -0.05) is 0 Å². The Morgan fingerprint density at radius 1 is 1.50 bits per heavy atom. The molecule has 0 saturated carbocycles. The van der Waals surface area contributed by atoms with E-state index in [2.05, 4.69) is 11.2 Å². The summed E-state index contributed by atoms with van der Waals surface area (Å²) in [5.41, 5.74) is 0.684. The molecule has 0 fully saturated rings. The predicted octanol–water partition coefficient (Wildman–Crippen LogP) is 2.13. The summed E-state index contributed by atoms with van der Waals surface area (Å²) in [7, 11) is 0. The van der Waals surface area contributed by atoms with Crippen LogP contribution in [0.15, 0.2) is 18.2 Å². The molecule has 0 spiro atoms. The van der Waals surface area contributed by atoms with Gasteiger partial charge in [-0.15, -0.1) is 12.3 Å². The number of terminal acetylenes is 1. The predicted molar refractivity (Wildman–Crippen MR) is 53.1 cm³/mol. The lowest BCUT2D eigenvalue weighted by Crippen LogP contribution is -2.02. The largest absolute Gasteiger partial charge is 0.382 e. The van der Waals surface area contributed by atoms with Gasteiger partial charge in [0.25, 0.3) is 0 Å². The number of benzene rings is 1. The van der Waals surface area contributed by atoms with Gasteiger partial charge in [-0.05, 0) is 18.2 Å². The highest BCUT2D eigenvalue weighted by atomic mass is 19.1. The van der Waals surface area contributed by atoms with Crippen LogP contribution in [0, 0.1) is 29.5 Å². The quantitative estimate of drug-likeness (QED) is 0.582. The lowest BCUT2D eigenvalue weighted by molar-refractivity contribution is 0.630. The Hall–Kier alpha value is -2.00. The summed E-state index contributed by atoms with van der Waals surface area (Å²) in [5.74, 6) is 2.01. The third-order valence-electron chi connectivity index (χ3n) is 1.68. The first-order valence-electron chi connectivity index (χ1n) is 4.15. The van der Waals surface area contributed by atoms with Crippen LogP contribution in [0.25, 0.3) is 0 Å². The van der Waals surface area contributed by atoms with Gasteiger partial charge in [0, 0.05) is 13.0 Å². The lowest BCUT2D eigenvalue weighted by Gasteiger charge is -2.05. The van der Waals surface area contributed by atoms with Crippen LogP contribution < -0.4 is 5.32 Å². The number of nitrogens with one attached hydrogen (secondary N) is 1. The normalized spacial score (nSPS) is 8.79. The lowest BCUT2D eigenvalue weighted by atomic mass is 10.2. The van der Waals surface area contributed by atoms with Gasteiger partial charge >= 0.3 is 0 Å². The number of hydrogen-bond donors (Lipinski definition) is 1. The van der Waals surface area contributed by atoms with Crippen LogP contribution in [-0.4, -0.2) is 6.54 Å². The van der Waals surface area contributed by atoms with Crippen LogP contribution in [0.3, 0.4) is 0 Å². The number of halogens is 1. The second-order valence-electron chi connectivity index (χ2n) is 2.69. The smallest absolute Gasteiger partial charge is 0.147 e. The highest BCUT2D eigenvalue weighted by molar-refractivity contribution is 5.48. The molecule has 0 aliphatic rings. The van der Waals surface area contributed by atoms with Crippen LogP contribution in [0.5, 0.6) is 0 Å². The van der Waals surface area contributed by atoms with Gasteiger partial charge in [0.05, 0.1) is 17.3 Å². The molecule has 1 rings (SSSR count). The van der Waals surface area contributed by atoms with E-state index >= 15 is 0 Å². The van der Waals surface area contributed by atoms with Crippen LogP contribution >= 0.6 is 0 Å². The van der Waals surface area contributed by atoms with Crippen molar-refractivity contribution in [1.29, 1.82) is 5.26 Å². The fourth-order valence-electron chi connectivity index (χ4n) is 0.997. The molecule has 1 aromatic rings. The number of hydrogen-bond acceptors (Lipinski definition) is 2. The molecule has 70 valence electrons. The fraction of sp³-hybridized carbons (Fsp3) is 0.182. The molecule has 0 heterocycles. The van der Waals surface area contributed by atoms with Gasteiger partial charge in [-0.2, -0.15) is 5.26 Å². The monoisotopic (exact) mass is 188 g/mol. The molecule has 1 N–H and O–H groups in total. The van der Waals surface area contributed by atoms with Gasteiger partial charge in [0.2, 0.25) is 0 Å². The van der Waals surface area contributed by atoms with Crippen molar-refractivity contribution in [2.75, 3.05) is 11.9 Å². The molecule has 1 aromatic carbocycles. The maximum absolute atomic E-state index is 13.2. The third-order valence-corrected chi connectivity index (χ3v) is 1.68. The molecule has 0 atom stereocenters. The van der Waals surface area contributed by atoms with Crippen molar-refractivity contribution in [2.24, 2.45) is 0 Å². The van der Waals surface area contributed by atoms with Crippen molar-refractivity contribution >= 4 is 5.69 Å². The maximum atomic E-state index is 13.2. The zero-order valence-electron chi connectivity index (χ0n) is 7.55. The van der Waals surface area contributed by atoms with Gasteiger partial charge in [-0.25, -0.2) is 4.39 Å². The molecule has 0 aromatic heterocycles. The van der Waals surface area contributed by atoms with E-state index in [0.717, 1.165) is 0 Å². The molecule has 0 radical (unpaired) electrons. The number of anilines is 1. The average Bonchev–Trinajstić information content (AvgIpc) is 2.20. The van der Waals surface area contributed by atoms with Gasteiger partial charge in [0.1, 0.15) is 5.82 Å². The first-order valence-corrected chi connectivity index (χ1v) is 4.15. The average molecular weight is 188 g/mol. The summed E-state index contributed by atoms with van der Waals surface area (Å²) >= 11 is 0. The van der Waals surface area contributed by atoms with Crippen molar-refractivity contribution in [2.45, 2.75) is 6.42 Å². The van der Waals surface area contributed by atoms with E-state index in [1.807, 2.05) is 6.07 Å². The highest BCUT2D eigenvalue weighted by Gasteiger charge is 2.01. The van der Waals surface area contributed by atoms with E-state index in [0.29, 0.717) is 24.2 Å². The minimum absolute atomic E-state index is 0.310.